The van der Waals surface area contributed by atoms with Crippen molar-refractivity contribution in [2.75, 3.05) is 7.11 Å². The smallest absolute Gasteiger partial charge is 0.360 e. The van der Waals surface area contributed by atoms with Crippen molar-refractivity contribution < 1.29 is 13.9 Å². The largest absolute Gasteiger partial charge is 0.464 e. The van der Waals surface area contributed by atoms with Crippen LogP contribution in [0.25, 0.3) is 11.5 Å². The molecule has 1 aromatic carbocycles. The van der Waals surface area contributed by atoms with E-state index in [1.165, 1.54) is 7.11 Å². The van der Waals surface area contributed by atoms with Crippen molar-refractivity contribution in [3.63, 3.8) is 0 Å². The SMILES string of the molecule is COC(=O)c1nc(-c2ccc(Br)cc2)oc1C. The number of halogens is 1. The molecule has 0 saturated carbocycles. The van der Waals surface area contributed by atoms with Gasteiger partial charge in [-0.1, -0.05) is 15.9 Å². The summed E-state index contributed by atoms with van der Waals surface area (Å²) >= 11 is 3.35. The van der Waals surface area contributed by atoms with Crippen LogP contribution in [0.4, 0.5) is 0 Å². The van der Waals surface area contributed by atoms with E-state index in [1.54, 1.807) is 6.92 Å². The summed E-state index contributed by atoms with van der Waals surface area (Å²) in [7, 11) is 1.32. The minimum atomic E-state index is -0.491. The molecule has 0 spiro atoms. The third-order valence-electron chi connectivity index (χ3n) is 2.27. The number of methoxy groups -OCH3 is 1. The fraction of sp³-hybridized carbons (Fsp3) is 0.167. The van der Waals surface area contributed by atoms with Crippen molar-refractivity contribution in [1.29, 1.82) is 0 Å². The number of benzene rings is 1. The molecule has 2 rings (SSSR count). The summed E-state index contributed by atoms with van der Waals surface area (Å²) in [6, 6.07) is 7.48. The zero-order valence-corrected chi connectivity index (χ0v) is 10.9. The number of ether oxygens (including phenoxy) is 1. The first-order valence-corrected chi connectivity index (χ1v) is 5.73. The minimum absolute atomic E-state index is 0.213. The number of rotatable bonds is 2. The topological polar surface area (TPSA) is 52.3 Å². The molecular weight excluding hydrogens is 286 g/mol. The Labute approximate surface area is 107 Å². The molecule has 0 saturated heterocycles. The summed E-state index contributed by atoms with van der Waals surface area (Å²) in [6.45, 7) is 1.68. The molecule has 0 amide bonds. The third kappa shape index (κ3) is 2.39. The third-order valence-corrected chi connectivity index (χ3v) is 2.80. The van der Waals surface area contributed by atoms with Gasteiger partial charge < -0.3 is 9.15 Å². The molecule has 0 aliphatic carbocycles. The molecule has 2 aromatic rings. The predicted octanol–water partition coefficient (Wildman–Crippen LogP) is 3.20. The van der Waals surface area contributed by atoms with Gasteiger partial charge in [-0.25, -0.2) is 9.78 Å². The van der Waals surface area contributed by atoms with Gasteiger partial charge in [-0.2, -0.15) is 0 Å². The van der Waals surface area contributed by atoms with E-state index in [0.29, 0.717) is 11.7 Å². The second-order valence-corrected chi connectivity index (χ2v) is 4.34. The molecule has 0 radical (unpaired) electrons. The molecule has 5 heteroatoms. The Kier molecular flexibility index (Phi) is 3.28. The Balaban J connectivity index is 2.41. The van der Waals surface area contributed by atoms with Gasteiger partial charge in [0, 0.05) is 10.0 Å². The van der Waals surface area contributed by atoms with Crippen molar-refractivity contribution in [2.45, 2.75) is 6.92 Å². The number of hydrogen-bond donors (Lipinski definition) is 0. The predicted molar refractivity (Wildman–Crippen MR) is 65.7 cm³/mol. The monoisotopic (exact) mass is 295 g/mol. The van der Waals surface area contributed by atoms with Crippen molar-refractivity contribution in [3.8, 4) is 11.5 Å². The first-order valence-electron chi connectivity index (χ1n) is 4.93. The highest BCUT2D eigenvalue weighted by atomic mass is 79.9. The zero-order chi connectivity index (χ0) is 12.4. The van der Waals surface area contributed by atoms with E-state index in [4.69, 9.17) is 4.42 Å². The molecule has 0 aliphatic heterocycles. The number of aromatic nitrogens is 1. The molecule has 0 fully saturated rings. The summed E-state index contributed by atoms with van der Waals surface area (Å²) in [4.78, 5) is 15.5. The molecule has 0 aliphatic rings. The highest BCUT2D eigenvalue weighted by molar-refractivity contribution is 9.10. The molecular formula is C12H10BrNO3. The van der Waals surface area contributed by atoms with Gasteiger partial charge in [0.25, 0.3) is 0 Å². The molecule has 4 nitrogen and oxygen atoms in total. The Hall–Kier alpha value is -1.62. The second kappa shape index (κ2) is 4.71. The van der Waals surface area contributed by atoms with Crippen molar-refractivity contribution in [1.82, 2.24) is 4.98 Å². The van der Waals surface area contributed by atoms with Gasteiger partial charge >= 0.3 is 5.97 Å². The van der Waals surface area contributed by atoms with E-state index in [0.717, 1.165) is 10.0 Å². The lowest BCUT2D eigenvalue weighted by Crippen LogP contribution is -2.03. The van der Waals surface area contributed by atoms with E-state index in [1.807, 2.05) is 24.3 Å². The lowest BCUT2D eigenvalue weighted by Gasteiger charge is -1.94. The number of oxazole rings is 1. The van der Waals surface area contributed by atoms with Crippen LogP contribution in [-0.2, 0) is 4.74 Å². The van der Waals surface area contributed by atoms with Gasteiger partial charge in [-0.3, -0.25) is 0 Å². The average molecular weight is 296 g/mol. The molecule has 0 atom stereocenters. The Morgan fingerprint density at radius 3 is 2.59 bits per heavy atom. The van der Waals surface area contributed by atoms with Gasteiger partial charge in [0.2, 0.25) is 5.89 Å². The fourth-order valence-corrected chi connectivity index (χ4v) is 1.66. The lowest BCUT2D eigenvalue weighted by molar-refractivity contribution is 0.0593. The zero-order valence-electron chi connectivity index (χ0n) is 9.36. The van der Waals surface area contributed by atoms with Gasteiger partial charge in [-0.15, -0.1) is 0 Å². The Morgan fingerprint density at radius 2 is 2.00 bits per heavy atom. The van der Waals surface area contributed by atoms with Crippen molar-refractivity contribution in [3.05, 3.63) is 40.2 Å². The first kappa shape index (κ1) is 11.9. The van der Waals surface area contributed by atoms with Crippen LogP contribution in [0, 0.1) is 6.92 Å². The van der Waals surface area contributed by atoms with E-state index in [2.05, 4.69) is 25.7 Å². The summed E-state index contributed by atoms with van der Waals surface area (Å²) in [5.41, 5.74) is 1.02. The first-order chi connectivity index (χ1) is 8.11. The molecule has 1 aromatic heterocycles. The van der Waals surface area contributed by atoms with Crippen LogP contribution in [-0.4, -0.2) is 18.1 Å². The molecule has 17 heavy (non-hydrogen) atoms. The number of aryl methyl sites for hydroxylation is 1. The number of hydrogen-bond acceptors (Lipinski definition) is 4. The standard InChI is InChI=1S/C12H10BrNO3/c1-7-10(12(15)16-2)14-11(17-7)8-3-5-9(13)6-4-8/h3-6H,1-2H3. The number of carbonyl (C=O) groups excluding carboxylic acids is 1. The summed E-state index contributed by atoms with van der Waals surface area (Å²) in [6.07, 6.45) is 0. The van der Waals surface area contributed by atoms with Crippen molar-refractivity contribution in [2.24, 2.45) is 0 Å². The van der Waals surface area contributed by atoms with E-state index >= 15 is 0 Å². The van der Waals surface area contributed by atoms with E-state index in [9.17, 15) is 4.79 Å². The van der Waals surface area contributed by atoms with Gasteiger partial charge in [0.1, 0.15) is 5.76 Å². The van der Waals surface area contributed by atoms with Crippen molar-refractivity contribution >= 4 is 21.9 Å². The maximum absolute atomic E-state index is 11.4. The highest BCUT2D eigenvalue weighted by Crippen LogP contribution is 2.23. The van der Waals surface area contributed by atoms with Crippen LogP contribution in [0.2, 0.25) is 0 Å². The summed E-state index contributed by atoms with van der Waals surface area (Å²) < 4.78 is 11.0. The maximum Gasteiger partial charge on any atom is 0.360 e. The van der Waals surface area contributed by atoms with Gasteiger partial charge in [-0.05, 0) is 31.2 Å². The van der Waals surface area contributed by atoms with E-state index < -0.39 is 5.97 Å². The minimum Gasteiger partial charge on any atom is -0.464 e. The fourth-order valence-electron chi connectivity index (χ4n) is 1.40. The van der Waals surface area contributed by atoms with Crippen LogP contribution >= 0.6 is 15.9 Å². The Bertz CT molecular complexity index is 545. The number of esters is 1. The van der Waals surface area contributed by atoms with Crippen LogP contribution in [0.3, 0.4) is 0 Å². The van der Waals surface area contributed by atoms with Crippen LogP contribution < -0.4 is 0 Å². The molecule has 88 valence electrons. The lowest BCUT2D eigenvalue weighted by atomic mass is 10.2. The number of carbonyl (C=O) groups is 1. The average Bonchev–Trinajstić information content (AvgIpc) is 2.71. The molecule has 1 heterocycles. The second-order valence-electron chi connectivity index (χ2n) is 3.42. The number of nitrogens with zero attached hydrogens (tertiary/aromatic N) is 1. The molecule has 0 unspecified atom stereocenters. The van der Waals surface area contributed by atoms with Gasteiger partial charge in [0.15, 0.2) is 5.69 Å². The quantitative estimate of drug-likeness (QED) is 0.799. The molecule has 0 N–H and O–H groups in total. The normalized spacial score (nSPS) is 10.3. The summed E-state index contributed by atoms with van der Waals surface area (Å²) in [5.74, 6) is 0.375. The van der Waals surface area contributed by atoms with Crippen LogP contribution in [0.15, 0.2) is 33.2 Å². The Morgan fingerprint density at radius 1 is 1.35 bits per heavy atom. The van der Waals surface area contributed by atoms with E-state index in [-0.39, 0.29) is 5.69 Å². The maximum atomic E-state index is 11.4. The highest BCUT2D eigenvalue weighted by Gasteiger charge is 2.18. The van der Waals surface area contributed by atoms with Gasteiger partial charge in [0.05, 0.1) is 7.11 Å². The van der Waals surface area contributed by atoms with Crippen LogP contribution in [0.1, 0.15) is 16.2 Å². The molecule has 0 bridgehead atoms. The summed E-state index contributed by atoms with van der Waals surface area (Å²) in [5, 5.41) is 0. The van der Waals surface area contributed by atoms with Crippen LogP contribution in [0.5, 0.6) is 0 Å².